The molecule has 0 radical (unpaired) electrons. The largest absolute Gasteiger partial charge is 0.357 e. The van der Waals surface area contributed by atoms with Crippen LogP contribution in [0.4, 0.5) is 0 Å². The summed E-state index contributed by atoms with van der Waals surface area (Å²) < 4.78 is 22.2. The second-order valence-corrected chi connectivity index (χ2v) is 7.94. The number of guanidine groups is 1. The first-order chi connectivity index (χ1) is 10.3. The normalized spacial score (nSPS) is 12.3. The molecule has 0 spiro atoms. The summed E-state index contributed by atoms with van der Waals surface area (Å²) in [5, 5.41) is 7.36. The van der Waals surface area contributed by atoms with Crippen molar-refractivity contribution in [1.29, 1.82) is 0 Å². The predicted octanol–water partition coefficient (Wildman–Crippen LogP) is 2.48. The second-order valence-electron chi connectivity index (χ2n) is 4.84. The average Bonchev–Trinajstić information content (AvgIpc) is 2.41. The van der Waals surface area contributed by atoms with Gasteiger partial charge in [-0.3, -0.25) is 0 Å². The van der Waals surface area contributed by atoms with Gasteiger partial charge in [-0.15, -0.1) is 0 Å². The fourth-order valence-corrected chi connectivity index (χ4v) is 2.83. The van der Waals surface area contributed by atoms with Gasteiger partial charge in [0.15, 0.2) is 5.96 Å². The molecule has 1 aromatic rings. The average molecular weight is 366 g/mol. The maximum absolute atomic E-state index is 11.1. The molecule has 124 valence electrons. The number of hydrogen-bond donors (Lipinski definition) is 2. The first kappa shape index (κ1) is 19.1. The Balaban J connectivity index is 2.58. The first-order valence-corrected chi connectivity index (χ1v) is 9.77. The minimum absolute atomic E-state index is 0.155. The number of hydrogen-bond acceptors (Lipinski definition) is 3. The highest BCUT2D eigenvalue weighted by atomic mass is 35.5. The molecule has 0 aliphatic heterocycles. The number of nitrogens with zero attached hydrogens (tertiary/aromatic N) is 1. The topological polar surface area (TPSA) is 70.6 Å². The van der Waals surface area contributed by atoms with Crippen LogP contribution in [0.25, 0.3) is 0 Å². The van der Waals surface area contributed by atoms with Crippen LogP contribution >= 0.6 is 23.2 Å². The molecular formula is C14H21Cl2N3O2S. The zero-order valence-electron chi connectivity index (χ0n) is 12.7. The van der Waals surface area contributed by atoms with Crippen molar-refractivity contribution in [2.45, 2.75) is 19.9 Å². The second kappa shape index (κ2) is 9.22. The quantitative estimate of drug-likeness (QED) is 0.442. The fraction of sp³-hybridized carbons (Fsp3) is 0.500. The van der Waals surface area contributed by atoms with E-state index in [9.17, 15) is 8.42 Å². The summed E-state index contributed by atoms with van der Waals surface area (Å²) in [5.74, 6) is 0.782. The summed E-state index contributed by atoms with van der Waals surface area (Å²) in [6.07, 6.45) is 1.76. The summed E-state index contributed by atoms with van der Waals surface area (Å²) >= 11 is 12.0. The fourth-order valence-electron chi connectivity index (χ4n) is 1.70. The van der Waals surface area contributed by atoms with E-state index in [0.717, 1.165) is 5.56 Å². The number of halogens is 2. The van der Waals surface area contributed by atoms with E-state index in [1.165, 1.54) is 6.26 Å². The van der Waals surface area contributed by atoms with Gasteiger partial charge in [-0.1, -0.05) is 29.3 Å². The zero-order valence-corrected chi connectivity index (χ0v) is 15.0. The van der Waals surface area contributed by atoms with E-state index in [2.05, 4.69) is 15.6 Å². The summed E-state index contributed by atoms with van der Waals surface area (Å²) in [5.41, 5.74) is 0.874. The Kier molecular flexibility index (Phi) is 8.00. The summed E-state index contributed by atoms with van der Waals surface area (Å²) in [4.78, 5) is 4.43. The van der Waals surface area contributed by atoms with Crippen LogP contribution < -0.4 is 10.6 Å². The van der Waals surface area contributed by atoms with Crippen molar-refractivity contribution in [3.8, 4) is 0 Å². The third-order valence-electron chi connectivity index (χ3n) is 2.75. The standard InChI is InChI=1S/C14H21Cl2N3O2S/c1-3-17-14(18-7-4-8-22(2,20)21)19-10-11-5-6-12(15)9-13(11)16/h5-6,9H,3-4,7-8,10H2,1-2H3,(H2,17,18,19). The van der Waals surface area contributed by atoms with Crippen molar-refractivity contribution >= 4 is 39.0 Å². The van der Waals surface area contributed by atoms with Crippen molar-refractivity contribution < 1.29 is 8.42 Å². The van der Waals surface area contributed by atoms with Crippen molar-refractivity contribution in [3.05, 3.63) is 33.8 Å². The molecule has 5 nitrogen and oxygen atoms in total. The molecule has 22 heavy (non-hydrogen) atoms. The van der Waals surface area contributed by atoms with Crippen LogP contribution in [0.3, 0.4) is 0 Å². The van der Waals surface area contributed by atoms with Gasteiger partial charge in [-0.05, 0) is 31.0 Å². The molecule has 0 saturated heterocycles. The zero-order chi connectivity index (χ0) is 16.6. The van der Waals surface area contributed by atoms with Crippen LogP contribution in [0.5, 0.6) is 0 Å². The van der Waals surface area contributed by atoms with E-state index >= 15 is 0 Å². The van der Waals surface area contributed by atoms with Gasteiger partial charge in [0.2, 0.25) is 0 Å². The Bertz CT molecular complexity index is 619. The van der Waals surface area contributed by atoms with Gasteiger partial charge in [0.25, 0.3) is 0 Å². The molecular weight excluding hydrogens is 345 g/mol. The Morgan fingerprint density at radius 2 is 2.00 bits per heavy atom. The molecule has 0 amide bonds. The van der Waals surface area contributed by atoms with E-state index in [1.54, 1.807) is 12.1 Å². The van der Waals surface area contributed by atoms with E-state index in [0.29, 0.717) is 42.1 Å². The molecule has 0 atom stereocenters. The lowest BCUT2D eigenvalue weighted by Crippen LogP contribution is -2.38. The number of aliphatic imine (C=N–C) groups is 1. The number of rotatable bonds is 7. The Hall–Kier alpha value is -0.980. The molecule has 2 N–H and O–H groups in total. The minimum Gasteiger partial charge on any atom is -0.357 e. The lowest BCUT2D eigenvalue weighted by atomic mass is 10.2. The van der Waals surface area contributed by atoms with Gasteiger partial charge in [0.1, 0.15) is 9.84 Å². The molecule has 0 saturated carbocycles. The highest BCUT2D eigenvalue weighted by Crippen LogP contribution is 2.21. The van der Waals surface area contributed by atoms with Crippen LogP contribution in [0, 0.1) is 0 Å². The number of sulfone groups is 1. The highest BCUT2D eigenvalue weighted by Gasteiger charge is 2.04. The van der Waals surface area contributed by atoms with Gasteiger partial charge in [0.05, 0.1) is 12.3 Å². The van der Waals surface area contributed by atoms with Crippen molar-refractivity contribution in [3.63, 3.8) is 0 Å². The minimum atomic E-state index is -2.93. The van der Waals surface area contributed by atoms with Crippen LogP contribution in [0.15, 0.2) is 23.2 Å². The van der Waals surface area contributed by atoms with Crippen LogP contribution in [0.1, 0.15) is 18.9 Å². The van der Waals surface area contributed by atoms with Crippen LogP contribution in [-0.2, 0) is 16.4 Å². The molecule has 0 aliphatic rings. The van der Waals surface area contributed by atoms with E-state index in [1.807, 2.05) is 13.0 Å². The Labute approximate surface area is 142 Å². The molecule has 1 aromatic carbocycles. The van der Waals surface area contributed by atoms with Crippen molar-refractivity contribution in [2.75, 3.05) is 25.1 Å². The summed E-state index contributed by atoms with van der Waals surface area (Å²) in [6.45, 7) is 3.62. The highest BCUT2D eigenvalue weighted by molar-refractivity contribution is 7.90. The summed E-state index contributed by atoms with van der Waals surface area (Å²) in [7, 11) is -2.93. The van der Waals surface area contributed by atoms with E-state index in [4.69, 9.17) is 23.2 Å². The predicted molar refractivity (Wildman–Crippen MR) is 93.6 cm³/mol. The van der Waals surface area contributed by atoms with Crippen LogP contribution in [0.2, 0.25) is 10.0 Å². The molecule has 8 heteroatoms. The van der Waals surface area contributed by atoms with E-state index < -0.39 is 9.84 Å². The van der Waals surface area contributed by atoms with Gasteiger partial charge in [-0.25, -0.2) is 13.4 Å². The molecule has 1 rings (SSSR count). The van der Waals surface area contributed by atoms with Gasteiger partial charge in [0, 0.05) is 29.4 Å². The monoisotopic (exact) mass is 365 g/mol. The van der Waals surface area contributed by atoms with Crippen molar-refractivity contribution in [2.24, 2.45) is 4.99 Å². The maximum atomic E-state index is 11.1. The first-order valence-electron chi connectivity index (χ1n) is 6.95. The van der Waals surface area contributed by atoms with Gasteiger partial charge < -0.3 is 10.6 Å². The lowest BCUT2D eigenvalue weighted by molar-refractivity contribution is 0.598. The molecule has 0 unspecified atom stereocenters. The SMILES string of the molecule is CCNC(=NCc1ccc(Cl)cc1Cl)NCCCS(C)(=O)=O. The third-order valence-corrected chi connectivity index (χ3v) is 4.37. The smallest absolute Gasteiger partial charge is 0.191 e. The van der Waals surface area contributed by atoms with E-state index in [-0.39, 0.29) is 5.75 Å². The molecule has 0 heterocycles. The van der Waals surface area contributed by atoms with Gasteiger partial charge >= 0.3 is 0 Å². The summed E-state index contributed by atoms with van der Waals surface area (Å²) in [6, 6.07) is 5.28. The molecule has 0 bridgehead atoms. The lowest BCUT2D eigenvalue weighted by Gasteiger charge is -2.11. The Morgan fingerprint density at radius 1 is 1.27 bits per heavy atom. The molecule has 0 aromatic heterocycles. The number of nitrogens with one attached hydrogen (secondary N) is 2. The maximum Gasteiger partial charge on any atom is 0.191 e. The van der Waals surface area contributed by atoms with Gasteiger partial charge in [-0.2, -0.15) is 0 Å². The Morgan fingerprint density at radius 3 is 2.59 bits per heavy atom. The third kappa shape index (κ3) is 7.87. The van der Waals surface area contributed by atoms with Crippen LogP contribution in [-0.4, -0.2) is 39.5 Å². The molecule has 0 fully saturated rings. The molecule has 0 aliphatic carbocycles. The van der Waals surface area contributed by atoms with Crippen molar-refractivity contribution in [1.82, 2.24) is 10.6 Å². The number of benzene rings is 1.